The lowest BCUT2D eigenvalue weighted by Gasteiger charge is -2.09. The molecule has 2 rings (SSSR count). The summed E-state index contributed by atoms with van der Waals surface area (Å²) in [7, 11) is 0. The number of benzene rings is 2. The lowest BCUT2D eigenvalue weighted by atomic mass is 10.0. The SMILES string of the molecule is Cc1cccc(CCC(Cl)Cc2ccccc2)c1. The van der Waals surface area contributed by atoms with Crippen LogP contribution in [0.5, 0.6) is 0 Å². The van der Waals surface area contributed by atoms with Crippen molar-refractivity contribution in [3.8, 4) is 0 Å². The highest BCUT2D eigenvalue weighted by Gasteiger charge is 2.06. The Bertz CT molecular complexity index is 476. The predicted molar refractivity (Wildman–Crippen MR) is 79.3 cm³/mol. The van der Waals surface area contributed by atoms with Gasteiger partial charge in [0.1, 0.15) is 0 Å². The van der Waals surface area contributed by atoms with Crippen LogP contribution in [0.1, 0.15) is 23.1 Å². The zero-order chi connectivity index (χ0) is 12.8. The second-order valence-electron chi connectivity index (χ2n) is 4.81. The molecule has 0 radical (unpaired) electrons. The van der Waals surface area contributed by atoms with E-state index in [-0.39, 0.29) is 5.38 Å². The van der Waals surface area contributed by atoms with Crippen LogP contribution >= 0.6 is 11.6 Å². The molecule has 0 aromatic heterocycles. The molecule has 0 nitrogen and oxygen atoms in total. The zero-order valence-electron chi connectivity index (χ0n) is 10.8. The van der Waals surface area contributed by atoms with Gasteiger partial charge in [-0.1, -0.05) is 60.2 Å². The molecular formula is C17H19Cl. The van der Waals surface area contributed by atoms with E-state index < -0.39 is 0 Å². The minimum atomic E-state index is 0.216. The van der Waals surface area contributed by atoms with E-state index in [1.807, 2.05) is 6.07 Å². The fourth-order valence-corrected chi connectivity index (χ4v) is 2.45. The zero-order valence-corrected chi connectivity index (χ0v) is 11.5. The van der Waals surface area contributed by atoms with Crippen molar-refractivity contribution in [1.82, 2.24) is 0 Å². The molecule has 0 heterocycles. The molecule has 1 unspecified atom stereocenters. The quantitative estimate of drug-likeness (QED) is 0.677. The molecule has 2 aromatic carbocycles. The number of alkyl halides is 1. The van der Waals surface area contributed by atoms with E-state index in [1.165, 1.54) is 16.7 Å². The second-order valence-corrected chi connectivity index (χ2v) is 5.43. The standard InChI is InChI=1S/C17H19Cl/c1-14-6-5-9-16(12-14)10-11-17(18)13-15-7-3-2-4-8-15/h2-9,12,17H,10-11,13H2,1H3. The Labute approximate surface area is 115 Å². The van der Waals surface area contributed by atoms with Crippen LogP contribution in [0, 0.1) is 6.92 Å². The van der Waals surface area contributed by atoms with Gasteiger partial charge in [0.2, 0.25) is 0 Å². The molecule has 2 aromatic rings. The van der Waals surface area contributed by atoms with Gasteiger partial charge in [-0.05, 0) is 37.3 Å². The van der Waals surface area contributed by atoms with Crippen LogP contribution in [0.25, 0.3) is 0 Å². The van der Waals surface area contributed by atoms with Gasteiger partial charge in [0.05, 0.1) is 0 Å². The van der Waals surface area contributed by atoms with Gasteiger partial charge in [0.25, 0.3) is 0 Å². The Kier molecular flexibility index (Phi) is 4.83. The number of halogens is 1. The highest BCUT2D eigenvalue weighted by atomic mass is 35.5. The van der Waals surface area contributed by atoms with Crippen LogP contribution in [0.3, 0.4) is 0 Å². The van der Waals surface area contributed by atoms with Crippen LogP contribution in [-0.2, 0) is 12.8 Å². The van der Waals surface area contributed by atoms with Crippen molar-refractivity contribution in [1.29, 1.82) is 0 Å². The Morgan fingerprint density at radius 1 is 0.944 bits per heavy atom. The highest BCUT2D eigenvalue weighted by molar-refractivity contribution is 6.20. The maximum atomic E-state index is 6.41. The molecule has 1 atom stereocenters. The van der Waals surface area contributed by atoms with Crippen LogP contribution in [-0.4, -0.2) is 5.38 Å². The molecule has 0 bridgehead atoms. The molecule has 0 aliphatic rings. The van der Waals surface area contributed by atoms with E-state index in [0.29, 0.717) is 0 Å². The summed E-state index contributed by atoms with van der Waals surface area (Å²) < 4.78 is 0. The van der Waals surface area contributed by atoms with Gasteiger partial charge in [-0.3, -0.25) is 0 Å². The number of aryl methyl sites for hydroxylation is 2. The van der Waals surface area contributed by atoms with Crippen molar-refractivity contribution in [3.05, 3.63) is 71.3 Å². The molecule has 0 aliphatic heterocycles. The minimum Gasteiger partial charge on any atom is -0.123 e. The van der Waals surface area contributed by atoms with E-state index in [2.05, 4.69) is 55.5 Å². The first-order valence-corrected chi connectivity index (χ1v) is 6.91. The first-order chi connectivity index (χ1) is 8.74. The average Bonchev–Trinajstić information content (AvgIpc) is 2.38. The summed E-state index contributed by atoms with van der Waals surface area (Å²) in [6.45, 7) is 2.13. The summed E-state index contributed by atoms with van der Waals surface area (Å²) in [6, 6.07) is 19.1. The minimum absolute atomic E-state index is 0.216. The van der Waals surface area contributed by atoms with Crippen molar-refractivity contribution in [2.24, 2.45) is 0 Å². The van der Waals surface area contributed by atoms with Crippen molar-refractivity contribution < 1.29 is 0 Å². The van der Waals surface area contributed by atoms with Crippen molar-refractivity contribution in [3.63, 3.8) is 0 Å². The number of hydrogen-bond acceptors (Lipinski definition) is 0. The molecule has 0 aliphatic carbocycles. The molecular weight excluding hydrogens is 240 g/mol. The third kappa shape index (κ3) is 4.19. The van der Waals surface area contributed by atoms with E-state index >= 15 is 0 Å². The Hall–Kier alpha value is -1.27. The van der Waals surface area contributed by atoms with E-state index in [1.54, 1.807) is 0 Å². The second kappa shape index (κ2) is 6.61. The van der Waals surface area contributed by atoms with Crippen LogP contribution in [0.4, 0.5) is 0 Å². The van der Waals surface area contributed by atoms with Crippen LogP contribution in [0.2, 0.25) is 0 Å². The van der Waals surface area contributed by atoms with Crippen LogP contribution in [0.15, 0.2) is 54.6 Å². The molecule has 0 saturated heterocycles. The van der Waals surface area contributed by atoms with Gasteiger partial charge in [0.15, 0.2) is 0 Å². The average molecular weight is 259 g/mol. The topological polar surface area (TPSA) is 0 Å². The van der Waals surface area contributed by atoms with E-state index in [9.17, 15) is 0 Å². The summed E-state index contributed by atoms with van der Waals surface area (Å²) in [6.07, 6.45) is 3.04. The lowest BCUT2D eigenvalue weighted by molar-refractivity contribution is 0.743. The van der Waals surface area contributed by atoms with Crippen molar-refractivity contribution in [2.45, 2.75) is 31.6 Å². The first-order valence-electron chi connectivity index (χ1n) is 6.47. The maximum absolute atomic E-state index is 6.41. The van der Waals surface area contributed by atoms with E-state index in [4.69, 9.17) is 11.6 Å². The normalized spacial score (nSPS) is 12.3. The molecule has 94 valence electrons. The van der Waals surface area contributed by atoms with Gasteiger partial charge in [-0.15, -0.1) is 11.6 Å². The lowest BCUT2D eigenvalue weighted by Crippen LogP contribution is -2.05. The fraction of sp³-hybridized carbons (Fsp3) is 0.294. The number of hydrogen-bond donors (Lipinski definition) is 0. The van der Waals surface area contributed by atoms with E-state index in [0.717, 1.165) is 19.3 Å². The van der Waals surface area contributed by atoms with Gasteiger partial charge < -0.3 is 0 Å². The van der Waals surface area contributed by atoms with Gasteiger partial charge in [0, 0.05) is 5.38 Å². The monoisotopic (exact) mass is 258 g/mol. The summed E-state index contributed by atoms with van der Waals surface area (Å²) in [5, 5.41) is 0.216. The Morgan fingerprint density at radius 2 is 1.67 bits per heavy atom. The summed E-state index contributed by atoms with van der Waals surface area (Å²) in [4.78, 5) is 0. The third-order valence-electron chi connectivity index (χ3n) is 3.13. The summed E-state index contributed by atoms with van der Waals surface area (Å²) >= 11 is 6.41. The summed E-state index contributed by atoms with van der Waals surface area (Å²) in [5.41, 5.74) is 4.03. The predicted octanol–water partition coefficient (Wildman–Crippen LogP) is 4.78. The maximum Gasteiger partial charge on any atom is 0.0379 e. The van der Waals surface area contributed by atoms with Crippen LogP contribution < -0.4 is 0 Å². The molecule has 0 saturated carbocycles. The molecule has 18 heavy (non-hydrogen) atoms. The first kappa shape index (κ1) is 13.2. The highest BCUT2D eigenvalue weighted by Crippen LogP contribution is 2.15. The van der Waals surface area contributed by atoms with Crippen molar-refractivity contribution in [2.75, 3.05) is 0 Å². The summed E-state index contributed by atoms with van der Waals surface area (Å²) in [5.74, 6) is 0. The smallest absolute Gasteiger partial charge is 0.0379 e. The Balaban J connectivity index is 1.83. The largest absolute Gasteiger partial charge is 0.123 e. The number of rotatable bonds is 5. The molecule has 1 heteroatoms. The molecule has 0 spiro atoms. The molecule has 0 fully saturated rings. The molecule has 0 N–H and O–H groups in total. The van der Waals surface area contributed by atoms with Gasteiger partial charge in [-0.2, -0.15) is 0 Å². The fourth-order valence-electron chi connectivity index (χ4n) is 2.16. The van der Waals surface area contributed by atoms with Gasteiger partial charge in [-0.25, -0.2) is 0 Å². The third-order valence-corrected chi connectivity index (χ3v) is 3.50. The molecule has 0 amide bonds. The van der Waals surface area contributed by atoms with Crippen molar-refractivity contribution >= 4 is 11.6 Å². The Morgan fingerprint density at radius 3 is 2.39 bits per heavy atom. The van der Waals surface area contributed by atoms with Gasteiger partial charge >= 0.3 is 0 Å².